The van der Waals surface area contributed by atoms with Gasteiger partial charge in [-0.1, -0.05) is 0 Å². The van der Waals surface area contributed by atoms with Crippen molar-refractivity contribution in [1.82, 2.24) is 0 Å². The van der Waals surface area contributed by atoms with E-state index in [1.807, 2.05) is 0 Å². The van der Waals surface area contributed by atoms with Crippen LogP contribution in [0.15, 0.2) is 0 Å². The number of aliphatic hydroxyl groups is 6. The van der Waals surface area contributed by atoms with Crippen LogP contribution in [0, 0.1) is 0 Å². The van der Waals surface area contributed by atoms with E-state index < -0.39 is 43.4 Å². The average molecular weight is 210 g/mol. The van der Waals surface area contributed by atoms with Gasteiger partial charge < -0.3 is 35.4 Å². The molecule has 0 radical (unpaired) electrons. The van der Waals surface area contributed by atoms with Gasteiger partial charge in [-0.15, -0.1) is 0 Å². The molecule has 6 N–H and O–H groups in total. The normalized spacial score (nSPS) is 46.3. The van der Waals surface area contributed by atoms with Gasteiger partial charge in [0.25, 0.3) is 0 Å². The van der Waals surface area contributed by atoms with Crippen molar-refractivity contribution in [3.8, 4) is 0 Å². The largest absolute Gasteiger partial charge is 0.394 e. The lowest BCUT2D eigenvalue weighted by atomic mass is 9.96. The zero-order chi connectivity index (χ0) is 10.9. The summed E-state index contributed by atoms with van der Waals surface area (Å²) in [4.78, 5) is 0. The third-order valence-corrected chi connectivity index (χ3v) is 2.19. The van der Waals surface area contributed by atoms with E-state index in [0.717, 1.165) is 0 Å². The Balaban J connectivity index is 2.70. The summed E-state index contributed by atoms with van der Waals surface area (Å²) in [7, 11) is 0. The van der Waals surface area contributed by atoms with Crippen molar-refractivity contribution in [2.45, 2.75) is 36.8 Å². The van der Waals surface area contributed by atoms with Gasteiger partial charge in [0, 0.05) is 0 Å². The van der Waals surface area contributed by atoms with Gasteiger partial charge in [0.15, 0.2) is 6.29 Å². The summed E-state index contributed by atoms with van der Waals surface area (Å²) in [5.41, 5.74) is 0. The molecule has 0 aromatic carbocycles. The van der Waals surface area contributed by atoms with Crippen LogP contribution in [0.25, 0.3) is 0 Å². The van der Waals surface area contributed by atoms with E-state index in [4.69, 9.17) is 20.4 Å². The monoisotopic (exact) mass is 210 g/mol. The molecule has 7 nitrogen and oxygen atoms in total. The maximum absolute atomic E-state index is 9.31. The van der Waals surface area contributed by atoms with Gasteiger partial charge in [0.1, 0.15) is 30.5 Å². The first-order valence-electron chi connectivity index (χ1n) is 4.15. The van der Waals surface area contributed by atoms with Crippen LogP contribution in [0.2, 0.25) is 0 Å². The minimum absolute atomic E-state index is 0.683. The summed E-state index contributed by atoms with van der Waals surface area (Å²) in [6.07, 6.45) is -9.26. The second-order valence-electron chi connectivity index (χ2n) is 3.21. The third-order valence-electron chi connectivity index (χ3n) is 2.19. The Bertz CT molecular complexity index is 187. The molecule has 7 heteroatoms. The van der Waals surface area contributed by atoms with Crippen molar-refractivity contribution in [2.24, 2.45) is 0 Å². The Labute approximate surface area is 79.8 Å². The lowest BCUT2D eigenvalue weighted by molar-refractivity contribution is -0.298. The maximum Gasteiger partial charge on any atom is 0.184 e. The first-order valence-corrected chi connectivity index (χ1v) is 4.15. The number of hydrogen-bond acceptors (Lipinski definition) is 7. The van der Waals surface area contributed by atoms with E-state index in [-0.39, 0.29) is 0 Å². The van der Waals surface area contributed by atoms with Crippen molar-refractivity contribution in [3.63, 3.8) is 0 Å². The van der Waals surface area contributed by atoms with Crippen LogP contribution < -0.4 is 0 Å². The second kappa shape index (κ2) is 4.49. The Morgan fingerprint density at radius 3 is 2.07 bits per heavy atom. The smallest absolute Gasteiger partial charge is 0.184 e. The van der Waals surface area contributed by atoms with Crippen LogP contribution in [-0.2, 0) is 4.74 Å². The standard InChI is InChI=1S/C7H14O7/c8-1-2(9)6-4(11)3(10)5(12)7(13)14-6/h2-13H,1H2/t2-,3-,4+,5-,6-,7+/m0/s1. The molecule has 0 amide bonds. The van der Waals surface area contributed by atoms with E-state index in [2.05, 4.69) is 4.74 Å². The van der Waals surface area contributed by atoms with Gasteiger partial charge >= 0.3 is 0 Å². The van der Waals surface area contributed by atoms with Crippen molar-refractivity contribution in [1.29, 1.82) is 0 Å². The molecule has 84 valence electrons. The second-order valence-corrected chi connectivity index (χ2v) is 3.21. The topological polar surface area (TPSA) is 131 Å². The number of rotatable bonds is 2. The molecular formula is C7H14O7. The molecule has 0 saturated carbocycles. The van der Waals surface area contributed by atoms with Crippen molar-refractivity contribution < 1.29 is 35.4 Å². The Kier molecular flexibility index (Phi) is 3.78. The fraction of sp³-hybridized carbons (Fsp3) is 1.00. The Morgan fingerprint density at radius 2 is 1.57 bits per heavy atom. The molecule has 0 aliphatic carbocycles. The summed E-state index contributed by atoms with van der Waals surface area (Å²) in [6.45, 7) is -0.683. The Hall–Kier alpha value is -0.280. The van der Waals surface area contributed by atoms with Crippen LogP contribution in [0.1, 0.15) is 0 Å². The van der Waals surface area contributed by atoms with Crippen LogP contribution in [0.4, 0.5) is 0 Å². The number of aliphatic hydroxyl groups excluding tert-OH is 6. The van der Waals surface area contributed by atoms with Gasteiger partial charge in [0.2, 0.25) is 0 Å². The van der Waals surface area contributed by atoms with E-state index >= 15 is 0 Å². The molecule has 0 spiro atoms. The lowest BCUT2D eigenvalue weighted by Gasteiger charge is -2.39. The molecule has 6 atom stereocenters. The third kappa shape index (κ3) is 2.04. The maximum atomic E-state index is 9.31. The highest BCUT2D eigenvalue weighted by Crippen LogP contribution is 2.21. The number of hydrogen-bond donors (Lipinski definition) is 6. The highest BCUT2D eigenvalue weighted by molar-refractivity contribution is 4.91. The van der Waals surface area contributed by atoms with Gasteiger partial charge in [-0.3, -0.25) is 0 Å². The number of ether oxygens (including phenoxy) is 1. The van der Waals surface area contributed by atoms with Crippen LogP contribution in [0.3, 0.4) is 0 Å². The average Bonchev–Trinajstić information content (AvgIpc) is 2.19. The van der Waals surface area contributed by atoms with Crippen molar-refractivity contribution in [2.75, 3.05) is 6.61 Å². The van der Waals surface area contributed by atoms with Crippen LogP contribution in [0.5, 0.6) is 0 Å². The highest BCUT2D eigenvalue weighted by atomic mass is 16.6. The zero-order valence-corrected chi connectivity index (χ0v) is 7.26. The van der Waals surface area contributed by atoms with Crippen molar-refractivity contribution >= 4 is 0 Å². The summed E-state index contributed by atoms with van der Waals surface area (Å²) in [5.74, 6) is 0. The van der Waals surface area contributed by atoms with Crippen molar-refractivity contribution in [3.05, 3.63) is 0 Å². The molecule has 1 fully saturated rings. The molecule has 1 aliphatic rings. The van der Waals surface area contributed by atoms with E-state index in [0.29, 0.717) is 0 Å². The first kappa shape index (κ1) is 11.8. The zero-order valence-electron chi connectivity index (χ0n) is 7.26. The SMILES string of the molecule is OC[C@H](O)[C@@H]1O[C@@H](O)[C@@H](O)[C@@H](O)[C@H]1O. The van der Waals surface area contributed by atoms with E-state index in [9.17, 15) is 10.2 Å². The molecule has 1 heterocycles. The molecule has 0 aromatic heterocycles. The minimum atomic E-state index is -1.69. The minimum Gasteiger partial charge on any atom is -0.394 e. The Morgan fingerprint density at radius 1 is 1.00 bits per heavy atom. The lowest BCUT2D eigenvalue weighted by Crippen LogP contribution is -2.61. The van der Waals surface area contributed by atoms with E-state index in [1.165, 1.54) is 0 Å². The molecule has 1 saturated heterocycles. The fourth-order valence-electron chi connectivity index (χ4n) is 1.31. The van der Waals surface area contributed by atoms with Gasteiger partial charge in [0.05, 0.1) is 6.61 Å². The first-order chi connectivity index (χ1) is 6.49. The molecular weight excluding hydrogens is 196 g/mol. The van der Waals surface area contributed by atoms with Gasteiger partial charge in [-0.05, 0) is 0 Å². The molecule has 1 rings (SSSR count). The van der Waals surface area contributed by atoms with E-state index in [1.54, 1.807) is 0 Å². The molecule has 0 aromatic rings. The predicted molar refractivity (Wildman–Crippen MR) is 42.0 cm³/mol. The van der Waals surface area contributed by atoms with Crippen LogP contribution in [-0.4, -0.2) is 74.1 Å². The van der Waals surface area contributed by atoms with Gasteiger partial charge in [-0.2, -0.15) is 0 Å². The predicted octanol–water partition coefficient (Wildman–Crippen LogP) is -3.86. The quantitative estimate of drug-likeness (QED) is 0.275. The summed E-state index contributed by atoms with van der Waals surface area (Å²) < 4.78 is 4.62. The molecule has 1 aliphatic heterocycles. The highest BCUT2D eigenvalue weighted by Gasteiger charge is 2.45. The van der Waals surface area contributed by atoms with Crippen LogP contribution >= 0.6 is 0 Å². The molecule has 0 bridgehead atoms. The summed E-state index contributed by atoms with van der Waals surface area (Å²) in [5, 5.41) is 54.3. The fourth-order valence-corrected chi connectivity index (χ4v) is 1.31. The molecule has 0 unspecified atom stereocenters. The summed E-state index contributed by atoms with van der Waals surface area (Å²) in [6, 6.07) is 0. The van der Waals surface area contributed by atoms with Gasteiger partial charge in [-0.25, -0.2) is 0 Å². The molecule has 14 heavy (non-hydrogen) atoms. The summed E-state index contributed by atoms with van der Waals surface area (Å²) >= 11 is 0.